The third-order valence-corrected chi connectivity index (χ3v) is 1.77. The van der Waals surface area contributed by atoms with Crippen molar-refractivity contribution in [3.05, 3.63) is 23.8 Å². The first-order valence-corrected chi connectivity index (χ1v) is 4.77. The van der Waals surface area contributed by atoms with Gasteiger partial charge in [-0.15, -0.1) is 0 Å². The van der Waals surface area contributed by atoms with Crippen molar-refractivity contribution in [3.8, 4) is 11.5 Å². The van der Waals surface area contributed by atoms with Gasteiger partial charge in [0.2, 0.25) is 0 Å². The van der Waals surface area contributed by atoms with Gasteiger partial charge in [0.1, 0.15) is 11.5 Å². The number of hydrogen-bond donors (Lipinski definition) is 2. The molecule has 0 aliphatic rings. The Bertz CT molecular complexity index is 297. The van der Waals surface area contributed by atoms with Crippen LogP contribution in [0, 0.1) is 5.92 Å². The molecule has 1 aromatic rings. The summed E-state index contributed by atoms with van der Waals surface area (Å²) in [6.07, 6.45) is 0. The molecule has 0 amide bonds. The van der Waals surface area contributed by atoms with Crippen LogP contribution in [0.15, 0.2) is 18.2 Å². The fourth-order valence-corrected chi connectivity index (χ4v) is 1.11. The molecule has 0 aromatic heterocycles. The molecule has 3 nitrogen and oxygen atoms in total. The molecule has 14 heavy (non-hydrogen) atoms. The average molecular weight is 195 g/mol. The molecule has 0 radical (unpaired) electrons. The Morgan fingerprint density at radius 2 is 2.07 bits per heavy atom. The van der Waals surface area contributed by atoms with Gasteiger partial charge in [-0.1, -0.05) is 13.8 Å². The minimum Gasteiger partial charge on any atom is -0.508 e. The quantitative estimate of drug-likeness (QED) is 0.771. The SMILES string of the molecule is CC(C)COc1cc(O)cc(CN)c1. The van der Waals surface area contributed by atoms with Crippen LogP contribution in [-0.2, 0) is 6.54 Å². The first-order chi connectivity index (χ1) is 6.61. The van der Waals surface area contributed by atoms with Crippen molar-refractivity contribution in [1.29, 1.82) is 0 Å². The van der Waals surface area contributed by atoms with Crippen molar-refractivity contribution in [2.24, 2.45) is 11.7 Å². The lowest BCUT2D eigenvalue weighted by Gasteiger charge is -2.10. The average Bonchev–Trinajstić information content (AvgIpc) is 2.14. The van der Waals surface area contributed by atoms with E-state index in [0.717, 1.165) is 5.56 Å². The maximum Gasteiger partial charge on any atom is 0.123 e. The van der Waals surface area contributed by atoms with E-state index in [1.807, 2.05) is 6.07 Å². The standard InChI is InChI=1S/C11H17NO2/c1-8(2)7-14-11-4-9(6-12)3-10(13)5-11/h3-5,8,13H,6-7,12H2,1-2H3. The maximum absolute atomic E-state index is 9.35. The lowest BCUT2D eigenvalue weighted by Crippen LogP contribution is -2.05. The second-order valence-corrected chi connectivity index (χ2v) is 3.74. The summed E-state index contributed by atoms with van der Waals surface area (Å²) in [6, 6.07) is 5.09. The highest BCUT2D eigenvalue weighted by Gasteiger charge is 2.01. The molecule has 0 saturated carbocycles. The zero-order valence-electron chi connectivity index (χ0n) is 8.66. The van der Waals surface area contributed by atoms with Crippen LogP contribution >= 0.6 is 0 Å². The first-order valence-electron chi connectivity index (χ1n) is 4.77. The molecule has 1 aromatic carbocycles. The number of aromatic hydroxyl groups is 1. The molecule has 0 spiro atoms. The number of benzene rings is 1. The van der Waals surface area contributed by atoms with Crippen molar-refractivity contribution >= 4 is 0 Å². The van der Waals surface area contributed by atoms with E-state index >= 15 is 0 Å². The van der Waals surface area contributed by atoms with Crippen LogP contribution in [0.1, 0.15) is 19.4 Å². The van der Waals surface area contributed by atoms with E-state index in [9.17, 15) is 5.11 Å². The predicted octanol–water partition coefficient (Wildman–Crippen LogP) is 1.89. The van der Waals surface area contributed by atoms with E-state index < -0.39 is 0 Å². The smallest absolute Gasteiger partial charge is 0.123 e. The Kier molecular flexibility index (Phi) is 3.77. The normalized spacial score (nSPS) is 10.6. The van der Waals surface area contributed by atoms with Crippen LogP contribution < -0.4 is 10.5 Å². The third kappa shape index (κ3) is 3.26. The van der Waals surface area contributed by atoms with Crippen molar-refractivity contribution in [2.45, 2.75) is 20.4 Å². The zero-order chi connectivity index (χ0) is 10.6. The molecular formula is C11H17NO2. The number of ether oxygens (including phenoxy) is 1. The van der Waals surface area contributed by atoms with Gasteiger partial charge >= 0.3 is 0 Å². The zero-order valence-corrected chi connectivity index (χ0v) is 8.66. The van der Waals surface area contributed by atoms with Gasteiger partial charge in [-0.05, 0) is 23.6 Å². The molecule has 0 bridgehead atoms. The molecule has 0 aliphatic carbocycles. The summed E-state index contributed by atoms with van der Waals surface area (Å²) in [6.45, 7) is 5.21. The largest absolute Gasteiger partial charge is 0.508 e. The number of rotatable bonds is 4. The van der Waals surface area contributed by atoms with Crippen molar-refractivity contribution < 1.29 is 9.84 Å². The molecule has 0 heterocycles. The molecule has 0 saturated heterocycles. The Morgan fingerprint density at radius 3 is 2.64 bits per heavy atom. The first kappa shape index (κ1) is 10.9. The summed E-state index contributed by atoms with van der Waals surface area (Å²) in [4.78, 5) is 0. The van der Waals surface area contributed by atoms with Crippen LogP contribution in [0.25, 0.3) is 0 Å². The molecule has 3 N–H and O–H groups in total. The maximum atomic E-state index is 9.35. The van der Waals surface area contributed by atoms with Gasteiger partial charge in [0, 0.05) is 12.6 Å². The number of nitrogens with two attached hydrogens (primary N) is 1. The summed E-state index contributed by atoms with van der Waals surface area (Å²) in [7, 11) is 0. The van der Waals surface area contributed by atoms with Crippen molar-refractivity contribution in [2.75, 3.05) is 6.61 Å². The van der Waals surface area contributed by atoms with Crippen LogP contribution in [-0.4, -0.2) is 11.7 Å². The van der Waals surface area contributed by atoms with E-state index in [1.54, 1.807) is 12.1 Å². The summed E-state index contributed by atoms with van der Waals surface area (Å²) in [5.74, 6) is 1.35. The van der Waals surface area contributed by atoms with Gasteiger partial charge in [0.15, 0.2) is 0 Å². The van der Waals surface area contributed by atoms with Crippen LogP contribution in [0.4, 0.5) is 0 Å². The fourth-order valence-electron chi connectivity index (χ4n) is 1.11. The number of hydrogen-bond acceptors (Lipinski definition) is 3. The monoisotopic (exact) mass is 195 g/mol. The lowest BCUT2D eigenvalue weighted by molar-refractivity contribution is 0.269. The van der Waals surface area contributed by atoms with Crippen LogP contribution in [0.5, 0.6) is 11.5 Å². The van der Waals surface area contributed by atoms with Gasteiger partial charge in [-0.25, -0.2) is 0 Å². The van der Waals surface area contributed by atoms with Gasteiger partial charge in [-0.2, -0.15) is 0 Å². The predicted molar refractivity (Wildman–Crippen MR) is 56.3 cm³/mol. The summed E-state index contributed by atoms with van der Waals surface area (Å²) < 4.78 is 5.48. The third-order valence-electron chi connectivity index (χ3n) is 1.77. The van der Waals surface area contributed by atoms with E-state index in [0.29, 0.717) is 24.8 Å². The number of phenols is 1. The van der Waals surface area contributed by atoms with E-state index in [4.69, 9.17) is 10.5 Å². The van der Waals surface area contributed by atoms with Crippen molar-refractivity contribution in [1.82, 2.24) is 0 Å². The molecule has 1 rings (SSSR count). The molecule has 0 unspecified atom stereocenters. The number of phenolic OH excluding ortho intramolecular Hbond substituents is 1. The van der Waals surface area contributed by atoms with E-state index in [2.05, 4.69) is 13.8 Å². The fraction of sp³-hybridized carbons (Fsp3) is 0.455. The van der Waals surface area contributed by atoms with Gasteiger partial charge < -0.3 is 15.6 Å². The second kappa shape index (κ2) is 4.86. The molecule has 0 fully saturated rings. The highest BCUT2D eigenvalue weighted by Crippen LogP contribution is 2.21. The molecule has 78 valence electrons. The topological polar surface area (TPSA) is 55.5 Å². The lowest BCUT2D eigenvalue weighted by atomic mass is 10.2. The van der Waals surface area contributed by atoms with E-state index in [1.165, 1.54) is 0 Å². The minimum absolute atomic E-state index is 0.201. The van der Waals surface area contributed by atoms with E-state index in [-0.39, 0.29) is 5.75 Å². The Labute approximate surface area is 84.5 Å². The summed E-state index contributed by atoms with van der Waals surface area (Å²) in [5.41, 5.74) is 6.36. The Hall–Kier alpha value is -1.22. The highest BCUT2D eigenvalue weighted by atomic mass is 16.5. The summed E-state index contributed by atoms with van der Waals surface area (Å²) >= 11 is 0. The minimum atomic E-state index is 0.201. The molecule has 0 atom stereocenters. The van der Waals surface area contributed by atoms with Crippen LogP contribution in [0.2, 0.25) is 0 Å². The van der Waals surface area contributed by atoms with Gasteiger partial charge in [-0.3, -0.25) is 0 Å². The van der Waals surface area contributed by atoms with Gasteiger partial charge in [0.25, 0.3) is 0 Å². The van der Waals surface area contributed by atoms with Gasteiger partial charge in [0.05, 0.1) is 6.61 Å². The van der Waals surface area contributed by atoms with Crippen LogP contribution in [0.3, 0.4) is 0 Å². The second-order valence-electron chi connectivity index (χ2n) is 3.74. The highest BCUT2D eigenvalue weighted by molar-refractivity contribution is 5.37. The Morgan fingerprint density at radius 1 is 1.36 bits per heavy atom. The summed E-state index contributed by atoms with van der Waals surface area (Å²) in [5, 5.41) is 9.35. The molecule has 3 heteroatoms. The molecular weight excluding hydrogens is 178 g/mol. The Balaban J connectivity index is 2.71. The molecule has 0 aliphatic heterocycles. The van der Waals surface area contributed by atoms with Crippen molar-refractivity contribution in [3.63, 3.8) is 0 Å².